The summed E-state index contributed by atoms with van der Waals surface area (Å²) in [6.45, 7) is 6.82. The molecule has 0 unspecified atom stereocenters. The van der Waals surface area contributed by atoms with Crippen LogP contribution in [0.4, 0.5) is 11.5 Å². The van der Waals surface area contributed by atoms with Crippen LogP contribution in [0, 0.1) is 13.8 Å². The maximum atomic E-state index is 4.30. The molecule has 0 bridgehead atoms. The maximum absolute atomic E-state index is 4.30. The van der Waals surface area contributed by atoms with Crippen LogP contribution in [-0.4, -0.2) is 29.7 Å². The molecule has 0 aliphatic rings. The van der Waals surface area contributed by atoms with Gasteiger partial charge in [-0.15, -0.1) is 0 Å². The molecule has 0 aliphatic heterocycles. The standard InChI is InChI=1S/C12H15N7/c1-4-19-7(2)9(5-15-19)18-12-10-11(13-6-14-12)17-8(3)16-10/h5-6H,4H2,1-3H3,(H2,13,14,16,17,18). The number of nitrogens with one attached hydrogen (secondary N) is 2. The summed E-state index contributed by atoms with van der Waals surface area (Å²) in [6.07, 6.45) is 3.31. The maximum Gasteiger partial charge on any atom is 0.183 e. The molecule has 2 N–H and O–H groups in total. The van der Waals surface area contributed by atoms with Gasteiger partial charge in [-0.25, -0.2) is 15.0 Å². The van der Waals surface area contributed by atoms with Gasteiger partial charge in [0.2, 0.25) is 0 Å². The van der Waals surface area contributed by atoms with Gasteiger partial charge >= 0.3 is 0 Å². The van der Waals surface area contributed by atoms with Crippen molar-refractivity contribution in [3.8, 4) is 0 Å². The van der Waals surface area contributed by atoms with E-state index in [1.807, 2.05) is 18.5 Å². The topological polar surface area (TPSA) is 84.3 Å². The summed E-state index contributed by atoms with van der Waals surface area (Å²) >= 11 is 0. The number of aryl methyl sites for hydroxylation is 2. The summed E-state index contributed by atoms with van der Waals surface area (Å²) in [5.41, 5.74) is 3.48. The van der Waals surface area contributed by atoms with Gasteiger partial charge in [0.1, 0.15) is 17.7 Å². The van der Waals surface area contributed by atoms with Gasteiger partial charge in [0.15, 0.2) is 11.5 Å². The smallest absolute Gasteiger partial charge is 0.183 e. The van der Waals surface area contributed by atoms with Crippen molar-refractivity contribution in [3.63, 3.8) is 0 Å². The highest BCUT2D eigenvalue weighted by molar-refractivity contribution is 5.85. The van der Waals surface area contributed by atoms with Crippen LogP contribution in [-0.2, 0) is 6.54 Å². The fraction of sp³-hybridized carbons (Fsp3) is 0.333. The number of hydrogen-bond donors (Lipinski definition) is 2. The van der Waals surface area contributed by atoms with Crippen molar-refractivity contribution in [1.29, 1.82) is 0 Å². The normalized spacial score (nSPS) is 11.1. The van der Waals surface area contributed by atoms with Gasteiger partial charge in [-0.2, -0.15) is 5.10 Å². The minimum atomic E-state index is 0.663. The number of aromatic nitrogens is 6. The molecular formula is C12H15N7. The lowest BCUT2D eigenvalue weighted by Gasteiger charge is -2.05. The van der Waals surface area contributed by atoms with Crippen molar-refractivity contribution in [3.05, 3.63) is 24.0 Å². The van der Waals surface area contributed by atoms with Crippen LogP contribution in [0.25, 0.3) is 11.2 Å². The lowest BCUT2D eigenvalue weighted by Crippen LogP contribution is -2.00. The second-order valence-electron chi connectivity index (χ2n) is 4.33. The Morgan fingerprint density at radius 1 is 1.32 bits per heavy atom. The first-order valence-electron chi connectivity index (χ1n) is 6.15. The van der Waals surface area contributed by atoms with Gasteiger partial charge in [0.05, 0.1) is 17.6 Å². The highest BCUT2D eigenvalue weighted by atomic mass is 15.3. The van der Waals surface area contributed by atoms with Crippen molar-refractivity contribution in [2.75, 3.05) is 5.32 Å². The van der Waals surface area contributed by atoms with E-state index in [0.29, 0.717) is 11.5 Å². The number of aromatic amines is 1. The molecule has 3 aromatic heterocycles. The van der Waals surface area contributed by atoms with Crippen molar-refractivity contribution in [1.82, 2.24) is 29.7 Å². The Labute approximate surface area is 110 Å². The fourth-order valence-corrected chi connectivity index (χ4v) is 2.05. The van der Waals surface area contributed by atoms with E-state index >= 15 is 0 Å². The van der Waals surface area contributed by atoms with Gasteiger partial charge in [-0.05, 0) is 20.8 Å². The van der Waals surface area contributed by atoms with E-state index in [4.69, 9.17) is 0 Å². The Hall–Kier alpha value is -2.44. The summed E-state index contributed by atoms with van der Waals surface area (Å²) in [6, 6.07) is 0. The Morgan fingerprint density at radius 3 is 2.89 bits per heavy atom. The molecule has 0 spiro atoms. The molecule has 0 amide bonds. The van der Waals surface area contributed by atoms with Crippen LogP contribution in [0.3, 0.4) is 0 Å². The molecule has 0 radical (unpaired) electrons. The number of rotatable bonds is 3. The number of imidazole rings is 1. The number of H-pyrrole nitrogens is 1. The summed E-state index contributed by atoms with van der Waals surface area (Å²) in [5.74, 6) is 1.53. The molecule has 0 aromatic carbocycles. The highest BCUT2D eigenvalue weighted by Crippen LogP contribution is 2.23. The Morgan fingerprint density at radius 2 is 2.16 bits per heavy atom. The SMILES string of the molecule is CCn1ncc(Nc2ncnc3nc(C)[nH]c23)c1C. The Balaban J connectivity index is 2.03. The summed E-state index contributed by atoms with van der Waals surface area (Å²) < 4.78 is 1.93. The van der Waals surface area contributed by atoms with Gasteiger partial charge in [-0.3, -0.25) is 4.68 Å². The zero-order valence-corrected chi connectivity index (χ0v) is 11.1. The highest BCUT2D eigenvalue weighted by Gasteiger charge is 2.11. The lowest BCUT2D eigenvalue weighted by atomic mass is 10.3. The quantitative estimate of drug-likeness (QED) is 0.749. The Kier molecular flexibility index (Phi) is 2.66. The van der Waals surface area contributed by atoms with Crippen LogP contribution in [0.15, 0.2) is 12.5 Å². The van der Waals surface area contributed by atoms with Crippen LogP contribution >= 0.6 is 0 Å². The third kappa shape index (κ3) is 1.92. The number of nitrogens with zero attached hydrogens (tertiary/aromatic N) is 5. The third-order valence-electron chi connectivity index (χ3n) is 3.06. The largest absolute Gasteiger partial charge is 0.338 e. The first-order valence-corrected chi connectivity index (χ1v) is 6.15. The Bertz CT molecular complexity index is 725. The molecule has 0 saturated heterocycles. The van der Waals surface area contributed by atoms with Gasteiger partial charge in [0, 0.05) is 6.54 Å². The molecular weight excluding hydrogens is 242 g/mol. The number of fused-ring (bicyclic) bond motifs is 1. The second kappa shape index (κ2) is 4.34. The predicted octanol–water partition coefficient (Wildman–Crippen LogP) is 1.93. The van der Waals surface area contributed by atoms with E-state index in [1.165, 1.54) is 6.33 Å². The van der Waals surface area contributed by atoms with Crippen molar-refractivity contribution < 1.29 is 0 Å². The molecule has 0 atom stereocenters. The molecule has 7 nitrogen and oxygen atoms in total. The molecule has 7 heteroatoms. The van der Waals surface area contributed by atoms with E-state index in [0.717, 1.165) is 29.3 Å². The molecule has 3 rings (SSSR count). The van der Waals surface area contributed by atoms with E-state index in [9.17, 15) is 0 Å². The monoisotopic (exact) mass is 257 g/mol. The number of anilines is 2. The molecule has 3 aromatic rings. The van der Waals surface area contributed by atoms with E-state index in [1.54, 1.807) is 6.20 Å². The van der Waals surface area contributed by atoms with Crippen LogP contribution in [0.1, 0.15) is 18.4 Å². The van der Waals surface area contributed by atoms with Gasteiger partial charge < -0.3 is 10.3 Å². The molecule has 0 fully saturated rings. The summed E-state index contributed by atoms with van der Waals surface area (Å²) in [5, 5.41) is 7.58. The average molecular weight is 257 g/mol. The van der Waals surface area contributed by atoms with Crippen molar-refractivity contribution in [2.24, 2.45) is 0 Å². The zero-order chi connectivity index (χ0) is 13.4. The first-order chi connectivity index (χ1) is 9.19. The third-order valence-corrected chi connectivity index (χ3v) is 3.06. The van der Waals surface area contributed by atoms with E-state index in [-0.39, 0.29) is 0 Å². The predicted molar refractivity (Wildman–Crippen MR) is 72.3 cm³/mol. The van der Waals surface area contributed by atoms with Crippen LogP contribution in [0.2, 0.25) is 0 Å². The molecule has 0 aliphatic carbocycles. The average Bonchev–Trinajstić information content (AvgIpc) is 2.93. The second-order valence-corrected chi connectivity index (χ2v) is 4.33. The minimum Gasteiger partial charge on any atom is -0.338 e. The van der Waals surface area contributed by atoms with E-state index < -0.39 is 0 Å². The van der Waals surface area contributed by atoms with Crippen molar-refractivity contribution >= 4 is 22.7 Å². The van der Waals surface area contributed by atoms with E-state index in [2.05, 4.69) is 37.3 Å². The lowest BCUT2D eigenvalue weighted by molar-refractivity contribution is 0.640. The molecule has 3 heterocycles. The first kappa shape index (κ1) is 11.6. The van der Waals surface area contributed by atoms with Crippen LogP contribution in [0.5, 0.6) is 0 Å². The summed E-state index contributed by atoms with van der Waals surface area (Å²) in [4.78, 5) is 15.8. The fourth-order valence-electron chi connectivity index (χ4n) is 2.05. The molecule has 19 heavy (non-hydrogen) atoms. The zero-order valence-electron chi connectivity index (χ0n) is 11.1. The minimum absolute atomic E-state index is 0.663. The molecule has 0 saturated carbocycles. The van der Waals surface area contributed by atoms with Crippen LogP contribution < -0.4 is 5.32 Å². The van der Waals surface area contributed by atoms with Crippen molar-refractivity contribution in [2.45, 2.75) is 27.3 Å². The van der Waals surface area contributed by atoms with Gasteiger partial charge in [-0.1, -0.05) is 0 Å². The molecule has 98 valence electrons. The summed E-state index contributed by atoms with van der Waals surface area (Å²) in [7, 11) is 0. The van der Waals surface area contributed by atoms with Gasteiger partial charge in [0.25, 0.3) is 0 Å². The number of hydrogen-bond acceptors (Lipinski definition) is 5.